The quantitative estimate of drug-likeness (QED) is 0.538. The molecule has 0 aliphatic heterocycles. The van der Waals surface area contributed by atoms with Gasteiger partial charge in [-0.2, -0.15) is 21.6 Å². The van der Waals surface area contributed by atoms with Crippen LogP contribution in [0.2, 0.25) is 0 Å². The Morgan fingerprint density at radius 3 is 2.16 bits per heavy atom. The maximum atomic E-state index is 12.8. The molecular weight excluding hydrogens is 385 g/mol. The highest BCUT2D eigenvalue weighted by molar-refractivity contribution is 7.92. The molecule has 0 spiro atoms. The molecule has 0 aromatic heterocycles. The van der Waals surface area contributed by atoms with Crippen molar-refractivity contribution in [3.05, 3.63) is 48.0 Å². The molecular formula is C13H11F3N2O5S2. The van der Waals surface area contributed by atoms with Gasteiger partial charge in [0, 0.05) is 5.69 Å². The summed E-state index contributed by atoms with van der Waals surface area (Å²) in [5.41, 5.74) is 2.99. The summed E-state index contributed by atoms with van der Waals surface area (Å²) < 4.78 is 95.9. The van der Waals surface area contributed by atoms with Crippen molar-refractivity contribution in [2.75, 3.05) is 10.5 Å². The van der Waals surface area contributed by atoms with Gasteiger partial charge in [-0.3, -0.25) is 9.27 Å². The van der Waals surface area contributed by atoms with Crippen LogP contribution >= 0.6 is 0 Å². The van der Waals surface area contributed by atoms with Gasteiger partial charge in [-0.1, -0.05) is 6.07 Å². The van der Waals surface area contributed by atoms with E-state index in [1.165, 1.54) is 0 Å². The Morgan fingerprint density at radius 2 is 1.60 bits per heavy atom. The van der Waals surface area contributed by atoms with Crippen LogP contribution in [0.5, 0.6) is 0 Å². The second-order valence-corrected chi connectivity index (χ2v) is 7.96. The van der Waals surface area contributed by atoms with Gasteiger partial charge in [0.05, 0.1) is 21.0 Å². The molecule has 25 heavy (non-hydrogen) atoms. The van der Waals surface area contributed by atoms with E-state index in [2.05, 4.69) is 0 Å². The van der Waals surface area contributed by atoms with Gasteiger partial charge in [-0.05, 0) is 36.4 Å². The lowest BCUT2D eigenvalue weighted by Gasteiger charge is -2.13. The molecule has 0 radical (unpaired) electrons. The fourth-order valence-electron chi connectivity index (χ4n) is 1.88. The van der Waals surface area contributed by atoms with Crippen molar-refractivity contribution in [2.24, 2.45) is 0 Å². The lowest BCUT2D eigenvalue weighted by Crippen LogP contribution is -2.16. The highest BCUT2D eigenvalue weighted by atomic mass is 32.2. The van der Waals surface area contributed by atoms with Crippen molar-refractivity contribution in [3.63, 3.8) is 0 Å². The highest BCUT2D eigenvalue weighted by Gasteiger charge is 2.34. The second kappa shape index (κ2) is 6.20. The van der Waals surface area contributed by atoms with Crippen molar-refractivity contribution in [1.82, 2.24) is 0 Å². The summed E-state index contributed by atoms with van der Waals surface area (Å²) in [5.74, 6) is 0. The Hall–Kier alpha value is -2.31. The van der Waals surface area contributed by atoms with Crippen molar-refractivity contribution >= 4 is 31.5 Å². The summed E-state index contributed by atoms with van der Waals surface area (Å²) in [5, 5.41) is 0. The number of alkyl halides is 3. The van der Waals surface area contributed by atoms with E-state index in [1.54, 1.807) is 0 Å². The number of nitrogen functional groups attached to an aromatic ring is 1. The van der Waals surface area contributed by atoms with Gasteiger partial charge in [0.25, 0.3) is 20.1 Å². The predicted octanol–water partition coefficient (Wildman–Crippen LogP) is 2.34. The van der Waals surface area contributed by atoms with E-state index in [-0.39, 0.29) is 5.69 Å². The zero-order valence-corrected chi connectivity index (χ0v) is 13.8. The molecule has 0 saturated heterocycles. The fourth-order valence-corrected chi connectivity index (χ4v) is 3.48. The van der Waals surface area contributed by atoms with E-state index in [4.69, 9.17) is 10.3 Å². The molecule has 136 valence electrons. The molecule has 0 aliphatic carbocycles. The van der Waals surface area contributed by atoms with Crippen LogP contribution in [0.3, 0.4) is 0 Å². The third kappa shape index (κ3) is 4.41. The van der Waals surface area contributed by atoms with E-state index < -0.39 is 47.4 Å². The number of nitrogens with two attached hydrogens (primary N) is 1. The first-order valence-corrected chi connectivity index (χ1v) is 9.30. The molecule has 0 saturated carbocycles. The van der Waals surface area contributed by atoms with Gasteiger partial charge in [-0.15, -0.1) is 0 Å². The first kappa shape index (κ1) is 19.0. The molecule has 2 aromatic rings. The number of nitrogens with one attached hydrogen (secondary N) is 1. The molecule has 0 bridgehead atoms. The third-order valence-electron chi connectivity index (χ3n) is 3.02. The Kier molecular flexibility index (Phi) is 4.72. The maximum Gasteiger partial charge on any atom is 0.418 e. The normalized spacial score (nSPS) is 12.8. The monoisotopic (exact) mass is 396 g/mol. The largest absolute Gasteiger partial charge is 0.418 e. The maximum absolute atomic E-state index is 12.8. The third-order valence-corrected chi connectivity index (χ3v) is 5.25. The summed E-state index contributed by atoms with van der Waals surface area (Å²) in [6, 6.07) is 6.17. The molecule has 7 nitrogen and oxygen atoms in total. The van der Waals surface area contributed by atoms with Gasteiger partial charge < -0.3 is 5.73 Å². The summed E-state index contributed by atoms with van der Waals surface area (Å²) in [6.07, 6.45) is -4.85. The molecule has 0 unspecified atom stereocenters. The van der Waals surface area contributed by atoms with Crippen LogP contribution in [0.1, 0.15) is 5.56 Å². The van der Waals surface area contributed by atoms with Gasteiger partial charge in [-0.25, -0.2) is 8.42 Å². The molecule has 0 fully saturated rings. The van der Waals surface area contributed by atoms with E-state index in [9.17, 15) is 30.0 Å². The van der Waals surface area contributed by atoms with Gasteiger partial charge in [0.2, 0.25) is 0 Å². The number of sulfonamides is 1. The Morgan fingerprint density at radius 1 is 0.960 bits per heavy atom. The van der Waals surface area contributed by atoms with Crippen molar-refractivity contribution < 1.29 is 34.6 Å². The lowest BCUT2D eigenvalue weighted by molar-refractivity contribution is -0.137. The summed E-state index contributed by atoms with van der Waals surface area (Å²) >= 11 is 0. The van der Waals surface area contributed by atoms with Gasteiger partial charge in [0.15, 0.2) is 0 Å². The molecule has 0 amide bonds. The molecule has 2 aromatic carbocycles. The summed E-state index contributed by atoms with van der Waals surface area (Å²) in [4.78, 5) is -1.30. The van der Waals surface area contributed by atoms with Crippen LogP contribution < -0.4 is 10.5 Å². The summed E-state index contributed by atoms with van der Waals surface area (Å²) in [7, 11) is -9.03. The number of hydrogen-bond acceptors (Lipinski definition) is 5. The van der Waals surface area contributed by atoms with E-state index in [1.807, 2.05) is 4.72 Å². The van der Waals surface area contributed by atoms with Crippen molar-refractivity contribution in [3.8, 4) is 0 Å². The summed E-state index contributed by atoms with van der Waals surface area (Å²) in [6.45, 7) is 0. The number of benzene rings is 2. The first-order chi connectivity index (χ1) is 11.3. The van der Waals surface area contributed by atoms with Gasteiger partial charge >= 0.3 is 6.18 Å². The number of anilines is 2. The predicted molar refractivity (Wildman–Crippen MR) is 82.9 cm³/mol. The molecule has 2 rings (SSSR count). The van der Waals surface area contributed by atoms with Crippen LogP contribution in [-0.4, -0.2) is 21.4 Å². The smallest absolute Gasteiger partial charge is 0.398 e. The number of halogens is 3. The van der Waals surface area contributed by atoms with E-state index in [0.29, 0.717) is 6.07 Å². The Bertz CT molecular complexity index is 1020. The minimum atomic E-state index is -4.85. The topological polar surface area (TPSA) is 127 Å². The molecule has 0 heterocycles. The molecule has 0 atom stereocenters. The SMILES string of the molecule is Nc1ccc(S(=O)(=O)Nc2cccc(S(=O)(=O)O)c2)cc1C(F)(F)F. The average molecular weight is 396 g/mol. The number of rotatable bonds is 4. The number of hydrogen-bond donors (Lipinski definition) is 3. The van der Waals surface area contributed by atoms with Crippen molar-refractivity contribution in [2.45, 2.75) is 16.0 Å². The van der Waals surface area contributed by atoms with Crippen LogP contribution in [-0.2, 0) is 26.3 Å². The lowest BCUT2D eigenvalue weighted by atomic mass is 10.2. The van der Waals surface area contributed by atoms with Crippen LogP contribution in [0.4, 0.5) is 24.5 Å². The molecule has 4 N–H and O–H groups in total. The van der Waals surface area contributed by atoms with Crippen LogP contribution in [0.25, 0.3) is 0 Å². The van der Waals surface area contributed by atoms with E-state index >= 15 is 0 Å². The van der Waals surface area contributed by atoms with Crippen molar-refractivity contribution in [1.29, 1.82) is 0 Å². The minimum absolute atomic E-state index is 0.263. The first-order valence-electron chi connectivity index (χ1n) is 6.38. The second-order valence-electron chi connectivity index (χ2n) is 4.86. The Balaban J connectivity index is 2.44. The molecule has 12 heteroatoms. The highest BCUT2D eigenvalue weighted by Crippen LogP contribution is 2.35. The van der Waals surface area contributed by atoms with E-state index in [0.717, 1.165) is 36.4 Å². The standard InChI is InChI=1S/C13H11F3N2O5S2/c14-13(15,16)11-7-9(4-5-12(11)17)24(19,20)18-8-2-1-3-10(6-8)25(21,22)23/h1-7,18H,17H2,(H,21,22,23). The zero-order valence-electron chi connectivity index (χ0n) is 12.1. The average Bonchev–Trinajstić information content (AvgIpc) is 2.45. The fraction of sp³-hybridized carbons (Fsp3) is 0.0769. The Labute approximate surface area is 141 Å². The van der Waals surface area contributed by atoms with Crippen LogP contribution in [0.15, 0.2) is 52.3 Å². The minimum Gasteiger partial charge on any atom is -0.398 e. The van der Waals surface area contributed by atoms with Gasteiger partial charge in [0.1, 0.15) is 0 Å². The van der Waals surface area contributed by atoms with Crippen LogP contribution in [0, 0.1) is 0 Å². The molecule has 0 aliphatic rings. The zero-order chi connectivity index (χ0) is 19.0.